The second-order valence-corrected chi connectivity index (χ2v) is 5.11. The van der Waals surface area contributed by atoms with Crippen LogP contribution >= 0.6 is 0 Å². The normalized spacial score (nSPS) is 19.0. The smallest absolute Gasteiger partial charge is 0.293 e. The van der Waals surface area contributed by atoms with Gasteiger partial charge in [-0.05, 0) is 38.1 Å². The number of furan rings is 1. The number of nitrogens with zero attached hydrogens (tertiary/aromatic N) is 3. The molecule has 0 aliphatic carbocycles. The van der Waals surface area contributed by atoms with E-state index in [1.807, 2.05) is 12.1 Å². The van der Waals surface area contributed by atoms with E-state index in [0.29, 0.717) is 30.1 Å². The summed E-state index contributed by atoms with van der Waals surface area (Å²) in [5.41, 5.74) is 0. The maximum absolute atomic E-state index is 5.25. The molecule has 2 aromatic heterocycles. The van der Waals surface area contributed by atoms with Gasteiger partial charge < -0.3 is 14.3 Å². The van der Waals surface area contributed by atoms with E-state index in [2.05, 4.69) is 27.3 Å². The predicted octanol–water partition coefficient (Wildman–Crippen LogP) is 1.90. The molecular formula is C14H20N4O2. The van der Waals surface area contributed by atoms with Crippen LogP contribution in [0.5, 0.6) is 0 Å². The first kappa shape index (κ1) is 13.3. The minimum absolute atomic E-state index is 0.444. The minimum atomic E-state index is 0.444. The summed E-state index contributed by atoms with van der Waals surface area (Å²) in [6, 6.07) is 4.21. The number of likely N-dealkylation sites (N-methyl/N-ethyl adjacent to an activating group) is 1. The van der Waals surface area contributed by atoms with E-state index in [-0.39, 0.29) is 0 Å². The Morgan fingerprint density at radius 1 is 1.50 bits per heavy atom. The molecule has 3 heterocycles. The lowest BCUT2D eigenvalue weighted by atomic mass is 10.2. The monoisotopic (exact) mass is 276 g/mol. The predicted molar refractivity (Wildman–Crippen MR) is 74.0 cm³/mol. The van der Waals surface area contributed by atoms with Crippen molar-refractivity contribution in [3.05, 3.63) is 24.2 Å². The van der Waals surface area contributed by atoms with Crippen LogP contribution in [-0.4, -0.2) is 40.7 Å². The summed E-state index contributed by atoms with van der Waals surface area (Å²) in [6.45, 7) is 6.00. The summed E-state index contributed by atoms with van der Waals surface area (Å²) in [6.07, 6.45) is 4.12. The van der Waals surface area contributed by atoms with Crippen LogP contribution in [0, 0.1) is 0 Å². The summed E-state index contributed by atoms with van der Waals surface area (Å²) in [7, 11) is 0. The van der Waals surface area contributed by atoms with Crippen LogP contribution in [0.15, 0.2) is 27.3 Å². The van der Waals surface area contributed by atoms with E-state index in [0.717, 1.165) is 19.6 Å². The summed E-state index contributed by atoms with van der Waals surface area (Å²) in [4.78, 5) is 6.71. The Morgan fingerprint density at radius 2 is 2.45 bits per heavy atom. The molecule has 0 bridgehead atoms. The Kier molecular flexibility index (Phi) is 4.13. The quantitative estimate of drug-likeness (QED) is 0.869. The fourth-order valence-corrected chi connectivity index (χ4v) is 2.55. The van der Waals surface area contributed by atoms with Crippen molar-refractivity contribution in [3.8, 4) is 11.7 Å². The van der Waals surface area contributed by atoms with Gasteiger partial charge in [-0.1, -0.05) is 12.1 Å². The molecule has 1 aliphatic heterocycles. The SMILES string of the molecule is CCN(Cc1noc(-c2ccco2)n1)CC1CCCN1. The van der Waals surface area contributed by atoms with Crippen molar-refractivity contribution in [2.75, 3.05) is 19.6 Å². The lowest BCUT2D eigenvalue weighted by Crippen LogP contribution is -2.37. The van der Waals surface area contributed by atoms with Crippen LogP contribution in [0.1, 0.15) is 25.6 Å². The molecule has 6 nitrogen and oxygen atoms in total. The summed E-state index contributed by atoms with van der Waals surface area (Å²) >= 11 is 0. The molecule has 0 amide bonds. The van der Waals surface area contributed by atoms with E-state index in [1.165, 1.54) is 12.8 Å². The van der Waals surface area contributed by atoms with Crippen molar-refractivity contribution < 1.29 is 8.94 Å². The van der Waals surface area contributed by atoms with Crippen LogP contribution in [0.2, 0.25) is 0 Å². The zero-order valence-electron chi connectivity index (χ0n) is 11.7. The zero-order chi connectivity index (χ0) is 13.8. The molecule has 1 saturated heterocycles. The fourth-order valence-electron chi connectivity index (χ4n) is 2.55. The van der Waals surface area contributed by atoms with Gasteiger partial charge in [0.25, 0.3) is 5.89 Å². The number of rotatable bonds is 6. The molecule has 1 atom stereocenters. The van der Waals surface area contributed by atoms with Crippen LogP contribution in [0.25, 0.3) is 11.7 Å². The fraction of sp³-hybridized carbons (Fsp3) is 0.571. The van der Waals surface area contributed by atoms with E-state index < -0.39 is 0 Å². The second kappa shape index (κ2) is 6.19. The Morgan fingerprint density at radius 3 is 3.15 bits per heavy atom. The average molecular weight is 276 g/mol. The molecule has 0 aromatic carbocycles. The van der Waals surface area contributed by atoms with Crippen LogP contribution in [0.3, 0.4) is 0 Å². The highest BCUT2D eigenvalue weighted by atomic mass is 16.5. The minimum Gasteiger partial charge on any atom is -0.459 e. The van der Waals surface area contributed by atoms with Gasteiger partial charge in [0, 0.05) is 12.6 Å². The van der Waals surface area contributed by atoms with Crippen LogP contribution in [-0.2, 0) is 6.54 Å². The molecule has 0 spiro atoms. The number of hydrogen-bond acceptors (Lipinski definition) is 6. The van der Waals surface area contributed by atoms with E-state index in [4.69, 9.17) is 8.94 Å². The first-order valence-electron chi connectivity index (χ1n) is 7.17. The topological polar surface area (TPSA) is 67.3 Å². The molecule has 6 heteroatoms. The Bertz CT molecular complexity index is 517. The zero-order valence-corrected chi connectivity index (χ0v) is 11.7. The van der Waals surface area contributed by atoms with Gasteiger partial charge in [-0.15, -0.1) is 0 Å². The number of aromatic nitrogens is 2. The molecule has 1 fully saturated rings. The molecule has 1 aliphatic rings. The molecule has 0 saturated carbocycles. The third-order valence-electron chi connectivity index (χ3n) is 3.65. The van der Waals surface area contributed by atoms with Gasteiger partial charge in [0.2, 0.25) is 0 Å². The summed E-state index contributed by atoms with van der Waals surface area (Å²) < 4.78 is 10.5. The molecule has 1 unspecified atom stereocenters. The highest BCUT2D eigenvalue weighted by molar-refractivity contribution is 5.42. The van der Waals surface area contributed by atoms with Crippen molar-refractivity contribution in [2.45, 2.75) is 32.4 Å². The Labute approximate surface area is 118 Å². The standard InChI is InChI=1S/C14H20N4O2/c1-2-18(9-11-5-3-7-15-11)10-13-16-14(20-17-13)12-6-4-8-19-12/h4,6,8,11,15H,2-3,5,7,9-10H2,1H3. The maximum Gasteiger partial charge on any atom is 0.293 e. The van der Waals surface area contributed by atoms with Crippen molar-refractivity contribution >= 4 is 0 Å². The first-order valence-corrected chi connectivity index (χ1v) is 7.17. The Balaban J connectivity index is 1.60. The third-order valence-corrected chi connectivity index (χ3v) is 3.65. The van der Waals surface area contributed by atoms with Crippen LogP contribution in [0.4, 0.5) is 0 Å². The lowest BCUT2D eigenvalue weighted by Gasteiger charge is -2.22. The largest absolute Gasteiger partial charge is 0.459 e. The highest BCUT2D eigenvalue weighted by Gasteiger charge is 2.19. The molecule has 2 aromatic rings. The van der Waals surface area contributed by atoms with Gasteiger partial charge in [0.15, 0.2) is 11.6 Å². The van der Waals surface area contributed by atoms with Gasteiger partial charge in [-0.25, -0.2) is 0 Å². The maximum atomic E-state index is 5.25. The molecule has 1 N–H and O–H groups in total. The summed E-state index contributed by atoms with van der Waals surface area (Å²) in [5.74, 6) is 1.76. The molecular weight excluding hydrogens is 256 g/mol. The molecule has 108 valence electrons. The highest BCUT2D eigenvalue weighted by Crippen LogP contribution is 2.17. The van der Waals surface area contributed by atoms with Crippen molar-refractivity contribution in [3.63, 3.8) is 0 Å². The van der Waals surface area contributed by atoms with Gasteiger partial charge in [0.05, 0.1) is 12.8 Å². The second-order valence-electron chi connectivity index (χ2n) is 5.11. The van der Waals surface area contributed by atoms with E-state index in [9.17, 15) is 0 Å². The van der Waals surface area contributed by atoms with Gasteiger partial charge in [0.1, 0.15) is 0 Å². The first-order chi connectivity index (χ1) is 9.85. The van der Waals surface area contributed by atoms with Crippen molar-refractivity contribution in [2.24, 2.45) is 0 Å². The summed E-state index contributed by atoms with van der Waals surface area (Å²) in [5, 5.41) is 7.54. The van der Waals surface area contributed by atoms with Gasteiger partial charge >= 0.3 is 0 Å². The third kappa shape index (κ3) is 3.08. The molecule has 20 heavy (non-hydrogen) atoms. The molecule has 0 radical (unpaired) electrons. The average Bonchev–Trinajstić information content (AvgIpc) is 3.20. The number of hydrogen-bond donors (Lipinski definition) is 1. The van der Waals surface area contributed by atoms with Crippen molar-refractivity contribution in [1.82, 2.24) is 20.4 Å². The lowest BCUT2D eigenvalue weighted by molar-refractivity contribution is 0.244. The van der Waals surface area contributed by atoms with E-state index in [1.54, 1.807) is 6.26 Å². The molecule has 3 rings (SSSR count). The van der Waals surface area contributed by atoms with Gasteiger partial charge in [-0.3, -0.25) is 4.90 Å². The van der Waals surface area contributed by atoms with E-state index >= 15 is 0 Å². The van der Waals surface area contributed by atoms with Crippen molar-refractivity contribution in [1.29, 1.82) is 0 Å². The van der Waals surface area contributed by atoms with Crippen LogP contribution < -0.4 is 5.32 Å². The Hall–Kier alpha value is -1.66. The van der Waals surface area contributed by atoms with Gasteiger partial charge in [-0.2, -0.15) is 4.98 Å². The number of nitrogens with one attached hydrogen (secondary N) is 1.